The Morgan fingerprint density at radius 3 is 1.93 bits per heavy atom. The Morgan fingerprint density at radius 1 is 0.929 bits per heavy atom. The normalized spacial score (nSPS) is 15.4. The number of hydrogen-bond acceptors (Lipinski definition) is 2. The first-order valence-corrected chi connectivity index (χ1v) is 17.2. The number of hydrogen-bond donors (Lipinski definition) is 0. The van der Waals surface area contributed by atoms with E-state index in [0.717, 1.165) is 19.4 Å². The zero-order chi connectivity index (χ0) is 22.1. The molecule has 0 bridgehead atoms. The maximum Gasteiger partial charge on any atom is 0.192 e. The minimum Gasteiger partial charge on any atom is -0.417 e. The second-order valence-electron chi connectivity index (χ2n) is 10.8. The summed E-state index contributed by atoms with van der Waals surface area (Å²) in [7, 11) is -3.11. The van der Waals surface area contributed by atoms with Crippen molar-refractivity contribution >= 4 is 16.6 Å². The Labute approximate surface area is 180 Å². The van der Waals surface area contributed by atoms with Crippen LogP contribution in [0.25, 0.3) is 0 Å². The molecule has 1 atom stereocenters. The van der Waals surface area contributed by atoms with Crippen molar-refractivity contribution in [2.24, 2.45) is 5.92 Å². The molecule has 0 radical (unpaired) electrons. The molecule has 0 fully saturated rings. The van der Waals surface area contributed by atoms with Crippen molar-refractivity contribution in [3.05, 3.63) is 12.2 Å². The molecule has 0 aromatic rings. The van der Waals surface area contributed by atoms with Gasteiger partial charge < -0.3 is 8.85 Å². The van der Waals surface area contributed by atoms with Crippen molar-refractivity contribution in [1.29, 1.82) is 0 Å². The van der Waals surface area contributed by atoms with Crippen LogP contribution in [0, 0.1) is 5.92 Å². The summed E-state index contributed by atoms with van der Waals surface area (Å²) in [5.74, 6) is 0.634. The van der Waals surface area contributed by atoms with Crippen molar-refractivity contribution in [2.75, 3.05) is 6.61 Å². The molecular weight excluding hydrogens is 376 g/mol. The van der Waals surface area contributed by atoms with E-state index >= 15 is 0 Å². The quantitative estimate of drug-likeness (QED) is 0.157. The van der Waals surface area contributed by atoms with Gasteiger partial charge >= 0.3 is 0 Å². The maximum absolute atomic E-state index is 6.74. The summed E-state index contributed by atoms with van der Waals surface area (Å²) < 4.78 is 13.0. The maximum atomic E-state index is 6.74. The van der Waals surface area contributed by atoms with Crippen LogP contribution in [0.5, 0.6) is 0 Å². The molecule has 0 saturated carbocycles. The van der Waals surface area contributed by atoms with Gasteiger partial charge in [-0.3, -0.25) is 0 Å². The standard InChI is InChI=1S/C24H52O2Si2/c1-12-28(13-2,14-3)26-24(8,9)20-17-19-22(4)18-15-16-21-25-27(10,11)23(5,6)7/h15,18,22H,12-14,16-17,19-21H2,1-11H3/t22-/m1/s1. The SMILES string of the molecule is CC[Si](CC)(CC)OC(C)(C)CCC[C@H](C)C=CCCO[Si](C)(C)C(C)(C)C. The van der Waals surface area contributed by atoms with Gasteiger partial charge in [0.25, 0.3) is 0 Å². The van der Waals surface area contributed by atoms with E-state index in [-0.39, 0.29) is 5.60 Å². The smallest absolute Gasteiger partial charge is 0.192 e. The van der Waals surface area contributed by atoms with E-state index in [2.05, 4.69) is 87.6 Å². The van der Waals surface area contributed by atoms with Crippen molar-refractivity contribution in [3.63, 3.8) is 0 Å². The average molecular weight is 429 g/mol. The Kier molecular flexibility index (Phi) is 12.1. The van der Waals surface area contributed by atoms with Crippen LogP contribution in [-0.4, -0.2) is 28.8 Å². The molecule has 28 heavy (non-hydrogen) atoms. The van der Waals surface area contributed by atoms with Crippen LogP contribution < -0.4 is 0 Å². The molecular formula is C24H52O2Si2. The van der Waals surface area contributed by atoms with Crippen molar-refractivity contribution < 1.29 is 8.85 Å². The fourth-order valence-corrected chi connectivity index (χ4v) is 7.75. The van der Waals surface area contributed by atoms with Crippen LogP contribution in [0.15, 0.2) is 12.2 Å². The first-order chi connectivity index (χ1) is 12.7. The number of allylic oxidation sites excluding steroid dienone is 1. The highest BCUT2D eigenvalue weighted by Gasteiger charge is 2.37. The summed E-state index contributed by atoms with van der Waals surface area (Å²) in [5.41, 5.74) is 0.0225. The molecule has 168 valence electrons. The predicted molar refractivity (Wildman–Crippen MR) is 132 cm³/mol. The highest BCUT2D eigenvalue weighted by Crippen LogP contribution is 2.36. The molecule has 0 aliphatic carbocycles. The minimum atomic E-state index is -1.60. The molecule has 0 amide bonds. The second kappa shape index (κ2) is 12.1. The van der Waals surface area contributed by atoms with Gasteiger partial charge in [-0.15, -0.1) is 0 Å². The first kappa shape index (κ1) is 28.1. The van der Waals surface area contributed by atoms with E-state index in [9.17, 15) is 0 Å². The van der Waals surface area contributed by atoms with Crippen LogP contribution in [-0.2, 0) is 8.85 Å². The highest BCUT2D eigenvalue weighted by molar-refractivity contribution is 6.74. The Morgan fingerprint density at radius 2 is 1.46 bits per heavy atom. The molecule has 0 unspecified atom stereocenters. The zero-order valence-electron chi connectivity index (χ0n) is 21.2. The van der Waals surface area contributed by atoms with E-state index in [4.69, 9.17) is 8.85 Å². The summed E-state index contributed by atoms with van der Waals surface area (Å²) in [6.45, 7) is 26.3. The monoisotopic (exact) mass is 428 g/mol. The average Bonchev–Trinajstić information content (AvgIpc) is 2.58. The highest BCUT2D eigenvalue weighted by atomic mass is 28.4. The Bertz CT molecular complexity index is 438. The molecule has 0 saturated heterocycles. The Hall–Kier alpha value is 0.0938. The van der Waals surface area contributed by atoms with Gasteiger partial charge in [-0.25, -0.2) is 0 Å². The molecule has 0 N–H and O–H groups in total. The fraction of sp³-hybridized carbons (Fsp3) is 0.917. The van der Waals surface area contributed by atoms with Crippen LogP contribution in [0.4, 0.5) is 0 Å². The fourth-order valence-electron chi connectivity index (χ4n) is 3.48. The van der Waals surface area contributed by atoms with Crippen molar-refractivity contribution in [1.82, 2.24) is 0 Å². The van der Waals surface area contributed by atoms with Crippen LogP contribution in [0.3, 0.4) is 0 Å². The lowest BCUT2D eigenvalue weighted by Gasteiger charge is -2.38. The Balaban J connectivity index is 4.24. The van der Waals surface area contributed by atoms with Crippen LogP contribution in [0.1, 0.15) is 88.0 Å². The topological polar surface area (TPSA) is 18.5 Å². The molecule has 0 aromatic carbocycles. The summed E-state index contributed by atoms with van der Waals surface area (Å²) in [6, 6.07) is 3.71. The van der Waals surface area contributed by atoms with E-state index in [0.29, 0.717) is 11.0 Å². The molecule has 0 aliphatic rings. The third kappa shape index (κ3) is 10.2. The van der Waals surface area contributed by atoms with Crippen LogP contribution in [0.2, 0.25) is 36.3 Å². The van der Waals surface area contributed by atoms with Gasteiger partial charge in [0.2, 0.25) is 0 Å². The molecule has 0 heterocycles. The van der Waals surface area contributed by atoms with E-state index < -0.39 is 16.6 Å². The van der Waals surface area contributed by atoms with Gasteiger partial charge in [0.15, 0.2) is 16.6 Å². The summed E-state index contributed by atoms with van der Waals surface area (Å²) in [5, 5.41) is 0.298. The van der Waals surface area contributed by atoms with Gasteiger partial charge in [0, 0.05) is 6.61 Å². The van der Waals surface area contributed by atoms with Crippen molar-refractivity contribution in [3.8, 4) is 0 Å². The van der Waals surface area contributed by atoms with E-state index in [1.54, 1.807) is 0 Å². The molecule has 4 heteroatoms. The largest absolute Gasteiger partial charge is 0.417 e. The van der Waals surface area contributed by atoms with Crippen LogP contribution >= 0.6 is 0 Å². The lowest BCUT2D eigenvalue weighted by atomic mass is 9.96. The van der Waals surface area contributed by atoms with Gasteiger partial charge in [-0.05, 0) is 75.3 Å². The second-order valence-corrected chi connectivity index (χ2v) is 20.3. The van der Waals surface area contributed by atoms with E-state index in [1.807, 2.05) is 0 Å². The molecule has 0 aromatic heterocycles. The molecule has 0 rings (SSSR count). The van der Waals surface area contributed by atoms with Gasteiger partial charge in [-0.1, -0.05) is 67.0 Å². The molecule has 0 spiro atoms. The van der Waals surface area contributed by atoms with Crippen molar-refractivity contribution in [2.45, 2.75) is 130 Å². The van der Waals surface area contributed by atoms with Gasteiger partial charge in [-0.2, -0.15) is 0 Å². The van der Waals surface area contributed by atoms with Gasteiger partial charge in [0.05, 0.1) is 5.60 Å². The predicted octanol–water partition coefficient (Wildman–Crippen LogP) is 8.56. The summed E-state index contributed by atoms with van der Waals surface area (Å²) in [6.07, 6.45) is 9.37. The summed E-state index contributed by atoms with van der Waals surface area (Å²) in [4.78, 5) is 0. The number of rotatable bonds is 14. The third-order valence-electron chi connectivity index (χ3n) is 6.88. The summed E-state index contributed by atoms with van der Waals surface area (Å²) >= 11 is 0. The lowest BCUT2D eigenvalue weighted by Crippen LogP contribution is -2.44. The third-order valence-corrected chi connectivity index (χ3v) is 16.3. The minimum absolute atomic E-state index is 0.0225. The van der Waals surface area contributed by atoms with Gasteiger partial charge in [0.1, 0.15) is 0 Å². The zero-order valence-corrected chi connectivity index (χ0v) is 23.2. The molecule has 2 nitrogen and oxygen atoms in total. The molecule has 0 aliphatic heterocycles. The lowest BCUT2D eigenvalue weighted by molar-refractivity contribution is 0.0821. The van der Waals surface area contributed by atoms with E-state index in [1.165, 1.54) is 31.0 Å². The first-order valence-electron chi connectivity index (χ1n) is 11.7.